The average Bonchev–Trinajstić information content (AvgIpc) is 2.13. The molecule has 1 rings (SSSR count). The van der Waals surface area contributed by atoms with Gasteiger partial charge >= 0.3 is 0 Å². The fourth-order valence-electron chi connectivity index (χ4n) is 0.965. The molecule has 0 fully saturated rings. The Labute approximate surface area is 74.0 Å². The number of halogens is 1. The van der Waals surface area contributed by atoms with Gasteiger partial charge in [0, 0.05) is 12.1 Å². The number of hydrogen-bond acceptors (Lipinski definition) is 4. The first-order valence-corrected chi connectivity index (χ1v) is 3.66. The Balaban J connectivity index is 3.18. The van der Waals surface area contributed by atoms with E-state index in [2.05, 4.69) is 0 Å². The van der Waals surface area contributed by atoms with Gasteiger partial charge in [-0.3, -0.25) is 0 Å². The first-order chi connectivity index (χ1) is 6.07. The molecule has 1 aromatic rings. The van der Waals surface area contributed by atoms with Crippen molar-refractivity contribution >= 4 is 0 Å². The van der Waals surface area contributed by atoms with E-state index in [0.717, 1.165) is 6.07 Å². The minimum atomic E-state index is -1.15. The number of nitrogens with two attached hydrogens (primary N) is 1. The van der Waals surface area contributed by atoms with Gasteiger partial charge in [-0.1, -0.05) is 0 Å². The fraction of sp³-hybridized carbons (Fsp3) is 0.250. The molecule has 0 heterocycles. The summed E-state index contributed by atoms with van der Waals surface area (Å²) in [6.07, 6.45) is -1.13. The van der Waals surface area contributed by atoms with Crippen molar-refractivity contribution in [2.75, 3.05) is 6.54 Å². The third-order valence-electron chi connectivity index (χ3n) is 1.71. The second-order valence-corrected chi connectivity index (χ2v) is 2.59. The quantitative estimate of drug-likeness (QED) is 0.533. The molecular weight excluding hydrogens is 177 g/mol. The molecule has 1 atom stereocenters. The number of rotatable bonds is 2. The van der Waals surface area contributed by atoms with Crippen LogP contribution >= 0.6 is 0 Å². The number of hydrogen-bond donors (Lipinski definition) is 4. The maximum Gasteiger partial charge on any atom is 0.206 e. The lowest BCUT2D eigenvalue weighted by Gasteiger charge is -2.10. The number of phenols is 2. The number of aliphatic hydroxyl groups is 1. The van der Waals surface area contributed by atoms with Crippen molar-refractivity contribution in [1.29, 1.82) is 0 Å². The molecule has 0 amide bonds. The molecule has 0 aliphatic heterocycles. The van der Waals surface area contributed by atoms with Crippen molar-refractivity contribution < 1.29 is 19.7 Å². The van der Waals surface area contributed by atoms with Crippen LogP contribution < -0.4 is 5.73 Å². The normalized spacial score (nSPS) is 12.8. The molecule has 0 spiro atoms. The van der Waals surface area contributed by atoms with Gasteiger partial charge in [0.2, 0.25) is 5.82 Å². The summed E-state index contributed by atoms with van der Waals surface area (Å²) in [5.41, 5.74) is 5.09. The fourth-order valence-corrected chi connectivity index (χ4v) is 0.965. The lowest BCUT2D eigenvalue weighted by Crippen LogP contribution is -2.11. The van der Waals surface area contributed by atoms with Crippen molar-refractivity contribution in [3.05, 3.63) is 23.5 Å². The molecule has 0 aliphatic carbocycles. The molecule has 5 heteroatoms. The van der Waals surface area contributed by atoms with E-state index in [4.69, 9.17) is 15.9 Å². The monoisotopic (exact) mass is 187 g/mol. The van der Waals surface area contributed by atoms with E-state index < -0.39 is 23.4 Å². The summed E-state index contributed by atoms with van der Waals surface area (Å²) in [6.45, 7) is -0.127. The summed E-state index contributed by atoms with van der Waals surface area (Å²) in [6, 6.07) is 2.26. The van der Waals surface area contributed by atoms with Gasteiger partial charge in [0.25, 0.3) is 0 Å². The van der Waals surface area contributed by atoms with Crippen LogP contribution in [0.4, 0.5) is 4.39 Å². The minimum Gasteiger partial charge on any atom is -0.505 e. The van der Waals surface area contributed by atoms with Crippen LogP contribution in [0, 0.1) is 5.82 Å². The predicted molar refractivity (Wildman–Crippen MR) is 43.7 cm³/mol. The van der Waals surface area contributed by atoms with E-state index in [-0.39, 0.29) is 12.1 Å². The van der Waals surface area contributed by atoms with Gasteiger partial charge in [0.05, 0.1) is 6.10 Å². The van der Waals surface area contributed by atoms with Crippen molar-refractivity contribution in [2.45, 2.75) is 6.10 Å². The van der Waals surface area contributed by atoms with Crippen LogP contribution in [0.25, 0.3) is 0 Å². The molecule has 13 heavy (non-hydrogen) atoms. The molecule has 0 radical (unpaired) electrons. The lowest BCUT2D eigenvalue weighted by molar-refractivity contribution is 0.181. The van der Waals surface area contributed by atoms with Crippen molar-refractivity contribution in [3.63, 3.8) is 0 Å². The molecule has 0 saturated heterocycles. The van der Waals surface area contributed by atoms with Gasteiger partial charge in [-0.05, 0) is 12.1 Å². The Morgan fingerprint density at radius 3 is 2.54 bits per heavy atom. The standard InChI is InChI=1S/C8H10FNO3/c9-7-5(11)2-1-4(8(7)13)6(12)3-10/h1-2,6,11-13H,3,10H2. The Kier molecular flexibility index (Phi) is 2.69. The maximum absolute atomic E-state index is 12.8. The smallest absolute Gasteiger partial charge is 0.206 e. The Morgan fingerprint density at radius 2 is 2.00 bits per heavy atom. The molecule has 72 valence electrons. The van der Waals surface area contributed by atoms with E-state index in [0.29, 0.717) is 0 Å². The van der Waals surface area contributed by atoms with Crippen LogP contribution in [-0.2, 0) is 0 Å². The van der Waals surface area contributed by atoms with Crippen LogP contribution in [0.2, 0.25) is 0 Å². The number of benzene rings is 1. The molecule has 0 aliphatic rings. The van der Waals surface area contributed by atoms with E-state index in [9.17, 15) is 9.50 Å². The third kappa shape index (κ3) is 1.71. The molecule has 0 aromatic heterocycles. The molecular formula is C8H10FNO3. The summed E-state index contributed by atoms with van der Waals surface area (Å²) in [5.74, 6) is -2.58. The zero-order valence-corrected chi connectivity index (χ0v) is 6.74. The third-order valence-corrected chi connectivity index (χ3v) is 1.71. The summed E-state index contributed by atoms with van der Waals surface area (Å²) in [7, 11) is 0. The SMILES string of the molecule is NCC(O)c1ccc(O)c(F)c1O. The average molecular weight is 187 g/mol. The van der Waals surface area contributed by atoms with E-state index in [1.165, 1.54) is 6.07 Å². The first kappa shape index (κ1) is 9.76. The molecule has 0 bridgehead atoms. The summed E-state index contributed by atoms with van der Waals surface area (Å²) in [4.78, 5) is 0. The van der Waals surface area contributed by atoms with E-state index >= 15 is 0 Å². The molecule has 1 aromatic carbocycles. The van der Waals surface area contributed by atoms with Crippen LogP contribution in [0.5, 0.6) is 11.5 Å². The highest BCUT2D eigenvalue weighted by atomic mass is 19.1. The largest absolute Gasteiger partial charge is 0.505 e. The Morgan fingerprint density at radius 1 is 1.38 bits per heavy atom. The van der Waals surface area contributed by atoms with Crippen molar-refractivity contribution in [3.8, 4) is 11.5 Å². The second kappa shape index (κ2) is 3.59. The predicted octanol–water partition coefficient (Wildman–Crippen LogP) is 0.229. The first-order valence-electron chi connectivity index (χ1n) is 3.66. The van der Waals surface area contributed by atoms with Gasteiger partial charge in [-0.2, -0.15) is 4.39 Å². The molecule has 0 saturated carbocycles. The van der Waals surface area contributed by atoms with Crippen LogP contribution in [0.3, 0.4) is 0 Å². The Bertz CT molecular complexity index is 317. The highest BCUT2D eigenvalue weighted by molar-refractivity contribution is 5.42. The zero-order chi connectivity index (χ0) is 10.0. The number of phenolic OH excluding ortho intramolecular Hbond substituents is 2. The summed E-state index contributed by atoms with van der Waals surface area (Å²) >= 11 is 0. The van der Waals surface area contributed by atoms with Crippen molar-refractivity contribution in [1.82, 2.24) is 0 Å². The highest BCUT2D eigenvalue weighted by Gasteiger charge is 2.16. The number of aromatic hydroxyl groups is 2. The van der Waals surface area contributed by atoms with Gasteiger partial charge < -0.3 is 21.1 Å². The van der Waals surface area contributed by atoms with Gasteiger partial charge in [-0.25, -0.2) is 0 Å². The second-order valence-electron chi connectivity index (χ2n) is 2.59. The molecule has 5 N–H and O–H groups in total. The summed E-state index contributed by atoms with van der Waals surface area (Å²) in [5, 5.41) is 27.2. The van der Waals surface area contributed by atoms with Crippen LogP contribution in [-0.4, -0.2) is 21.9 Å². The maximum atomic E-state index is 12.8. The van der Waals surface area contributed by atoms with Crippen LogP contribution in [0.15, 0.2) is 12.1 Å². The lowest BCUT2D eigenvalue weighted by atomic mass is 10.1. The topological polar surface area (TPSA) is 86.7 Å². The highest BCUT2D eigenvalue weighted by Crippen LogP contribution is 2.31. The van der Waals surface area contributed by atoms with Gasteiger partial charge in [0.1, 0.15) is 0 Å². The molecule has 4 nitrogen and oxygen atoms in total. The minimum absolute atomic E-state index is 0.0298. The van der Waals surface area contributed by atoms with E-state index in [1.807, 2.05) is 0 Å². The molecule has 1 unspecified atom stereocenters. The zero-order valence-electron chi connectivity index (χ0n) is 6.74. The Hall–Kier alpha value is -1.33. The van der Waals surface area contributed by atoms with E-state index in [1.54, 1.807) is 0 Å². The van der Waals surface area contributed by atoms with Gasteiger partial charge in [-0.15, -0.1) is 0 Å². The van der Waals surface area contributed by atoms with Crippen molar-refractivity contribution in [2.24, 2.45) is 5.73 Å². The van der Waals surface area contributed by atoms with Crippen LogP contribution in [0.1, 0.15) is 11.7 Å². The number of aliphatic hydroxyl groups excluding tert-OH is 1. The van der Waals surface area contributed by atoms with Gasteiger partial charge in [0.15, 0.2) is 11.5 Å². The summed E-state index contributed by atoms with van der Waals surface area (Å²) < 4.78 is 12.8.